The molecule has 94 valence electrons. The topological polar surface area (TPSA) is 47.0 Å². The Bertz CT molecular complexity index is 299. The van der Waals surface area contributed by atoms with Gasteiger partial charge in [0.15, 0.2) is 0 Å². The zero-order valence-electron chi connectivity index (χ0n) is 10.3. The zero-order chi connectivity index (χ0) is 11.8. The average Bonchev–Trinajstić information content (AvgIpc) is 2.41. The van der Waals surface area contributed by atoms with E-state index in [1.807, 2.05) is 0 Å². The number of nitrogens with zero attached hydrogens (tertiary/aromatic N) is 2. The molecule has 0 radical (unpaired) electrons. The zero-order valence-corrected chi connectivity index (χ0v) is 10.3. The van der Waals surface area contributed by atoms with E-state index in [2.05, 4.69) is 15.3 Å². The van der Waals surface area contributed by atoms with Gasteiger partial charge in [-0.2, -0.15) is 0 Å². The summed E-state index contributed by atoms with van der Waals surface area (Å²) >= 11 is 0. The fourth-order valence-electron chi connectivity index (χ4n) is 2.17. The predicted octanol–water partition coefficient (Wildman–Crippen LogP) is 1.92. The first-order valence-corrected chi connectivity index (χ1v) is 6.52. The van der Waals surface area contributed by atoms with Crippen molar-refractivity contribution in [3.05, 3.63) is 24.3 Å². The Hall–Kier alpha value is -1.00. The lowest BCUT2D eigenvalue weighted by Gasteiger charge is -2.21. The summed E-state index contributed by atoms with van der Waals surface area (Å²) < 4.78 is 5.82. The largest absolute Gasteiger partial charge is 0.377 e. The third-order valence-corrected chi connectivity index (χ3v) is 3.11. The molecule has 1 aromatic rings. The van der Waals surface area contributed by atoms with Gasteiger partial charge in [-0.1, -0.05) is 19.3 Å². The van der Waals surface area contributed by atoms with E-state index in [0.717, 1.165) is 25.4 Å². The molecule has 0 aromatic carbocycles. The van der Waals surface area contributed by atoms with E-state index < -0.39 is 0 Å². The molecular formula is C13H21N3O. The Morgan fingerprint density at radius 3 is 2.88 bits per heavy atom. The molecule has 0 unspecified atom stereocenters. The molecule has 1 fully saturated rings. The monoisotopic (exact) mass is 235 g/mol. The molecule has 2 rings (SSSR count). The van der Waals surface area contributed by atoms with E-state index >= 15 is 0 Å². The fraction of sp³-hybridized carbons (Fsp3) is 0.692. The van der Waals surface area contributed by atoms with Crippen LogP contribution in [0.5, 0.6) is 0 Å². The van der Waals surface area contributed by atoms with Crippen LogP contribution >= 0.6 is 0 Å². The summed E-state index contributed by atoms with van der Waals surface area (Å²) in [5.41, 5.74) is 0.977. The van der Waals surface area contributed by atoms with Gasteiger partial charge in [0.2, 0.25) is 0 Å². The van der Waals surface area contributed by atoms with Crippen LogP contribution in [-0.4, -0.2) is 29.2 Å². The molecular weight excluding hydrogens is 214 g/mol. The van der Waals surface area contributed by atoms with Crippen molar-refractivity contribution in [2.75, 3.05) is 13.2 Å². The SMILES string of the molecule is c1cnc(CNCCOC2CCCCC2)cn1. The Kier molecular flexibility index (Phi) is 5.39. The highest BCUT2D eigenvalue weighted by molar-refractivity contribution is 4.93. The van der Waals surface area contributed by atoms with Crippen molar-refractivity contribution in [1.82, 2.24) is 15.3 Å². The molecule has 0 amide bonds. The van der Waals surface area contributed by atoms with Gasteiger partial charge in [0, 0.05) is 31.7 Å². The second kappa shape index (κ2) is 7.35. The lowest BCUT2D eigenvalue weighted by molar-refractivity contribution is 0.0302. The smallest absolute Gasteiger partial charge is 0.0724 e. The van der Waals surface area contributed by atoms with Crippen LogP contribution < -0.4 is 5.32 Å². The van der Waals surface area contributed by atoms with Crippen molar-refractivity contribution < 1.29 is 4.74 Å². The highest BCUT2D eigenvalue weighted by Gasteiger charge is 2.12. The maximum absolute atomic E-state index is 5.82. The summed E-state index contributed by atoms with van der Waals surface area (Å²) in [5, 5.41) is 3.31. The van der Waals surface area contributed by atoms with Gasteiger partial charge < -0.3 is 10.1 Å². The summed E-state index contributed by atoms with van der Waals surface area (Å²) in [5.74, 6) is 0. The van der Waals surface area contributed by atoms with Crippen molar-refractivity contribution >= 4 is 0 Å². The van der Waals surface area contributed by atoms with Gasteiger partial charge in [-0.05, 0) is 12.8 Å². The van der Waals surface area contributed by atoms with Crippen LogP contribution in [0, 0.1) is 0 Å². The fourth-order valence-corrected chi connectivity index (χ4v) is 2.17. The van der Waals surface area contributed by atoms with Crippen LogP contribution in [0.25, 0.3) is 0 Å². The number of hydrogen-bond acceptors (Lipinski definition) is 4. The molecule has 1 heterocycles. The highest BCUT2D eigenvalue weighted by atomic mass is 16.5. The van der Waals surface area contributed by atoms with E-state index in [4.69, 9.17) is 4.74 Å². The van der Waals surface area contributed by atoms with E-state index in [-0.39, 0.29) is 0 Å². The minimum Gasteiger partial charge on any atom is -0.377 e. The summed E-state index contributed by atoms with van der Waals surface area (Å²) in [6.07, 6.45) is 12.2. The molecule has 0 atom stereocenters. The Morgan fingerprint density at radius 1 is 1.24 bits per heavy atom. The van der Waals surface area contributed by atoms with E-state index in [1.165, 1.54) is 32.1 Å². The van der Waals surface area contributed by atoms with Crippen LogP contribution in [0.4, 0.5) is 0 Å². The van der Waals surface area contributed by atoms with Crippen molar-refractivity contribution in [1.29, 1.82) is 0 Å². The van der Waals surface area contributed by atoms with Gasteiger partial charge in [0.05, 0.1) is 18.4 Å². The maximum Gasteiger partial charge on any atom is 0.0724 e. The van der Waals surface area contributed by atoms with Crippen LogP contribution in [0.15, 0.2) is 18.6 Å². The molecule has 4 heteroatoms. The van der Waals surface area contributed by atoms with Gasteiger partial charge in [0.1, 0.15) is 0 Å². The average molecular weight is 235 g/mol. The standard InChI is InChI=1S/C13H21N3O/c1-2-4-13(5-3-1)17-9-8-15-11-12-10-14-6-7-16-12/h6-7,10,13,15H,1-5,8-9,11H2. The Balaban J connectivity index is 1.51. The molecule has 1 aliphatic carbocycles. The number of ether oxygens (including phenoxy) is 1. The highest BCUT2D eigenvalue weighted by Crippen LogP contribution is 2.19. The third-order valence-electron chi connectivity index (χ3n) is 3.11. The van der Waals surface area contributed by atoms with Crippen LogP contribution in [0.1, 0.15) is 37.8 Å². The van der Waals surface area contributed by atoms with Crippen molar-refractivity contribution in [3.8, 4) is 0 Å². The predicted molar refractivity (Wildman–Crippen MR) is 66.6 cm³/mol. The van der Waals surface area contributed by atoms with Gasteiger partial charge >= 0.3 is 0 Å². The second-order valence-electron chi connectivity index (χ2n) is 4.50. The first-order chi connectivity index (χ1) is 8.45. The van der Waals surface area contributed by atoms with Gasteiger partial charge in [0.25, 0.3) is 0 Å². The molecule has 1 saturated carbocycles. The Labute approximate surface area is 103 Å². The number of aromatic nitrogens is 2. The molecule has 0 bridgehead atoms. The van der Waals surface area contributed by atoms with E-state index in [9.17, 15) is 0 Å². The summed E-state index contributed by atoms with van der Waals surface area (Å²) in [7, 11) is 0. The van der Waals surface area contributed by atoms with Gasteiger partial charge in [-0.25, -0.2) is 0 Å². The van der Waals surface area contributed by atoms with Crippen LogP contribution in [0.3, 0.4) is 0 Å². The van der Waals surface area contributed by atoms with Crippen molar-refractivity contribution in [2.45, 2.75) is 44.8 Å². The first kappa shape index (κ1) is 12.5. The summed E-state index contributed by atoms with van der Waals surface area (Å²) in [6, 6.07) is 0. The third kappa shape index (κ3) is 4.79. The van der Waals surface area contributed by atoms with Crippen LogP contribution in [0.2, 0.25) is 0 Å². The molecule has 1 aromatic heterocycles. The number of rotatable bonds is 6. The van der Waals surface area contributed by atoms with Crippen molar-refractivity contribution in [3.63, 3.8) is 0 Å². The lowest BCUT2D eigenvalue weighted by atomic mass is 9.98. The molecule has 0 aliphatic heterocycles. The lowest BCUT2D eigenvalue weighted by Crippen LogP contribution is -2.24. The second-order valence-corrected chi connectivity index (χ2v) is 4.50. The normalized spacial score (nSPS) is 17.2. The maximum atomic E-state index is 5.82. The summed E-state index contributed by atoms with van der Waals surface area (Å²) in [4.78, 5) is 8.22. The van der Waals surface area contributed by atoms with E-state index in [0.29, 0.717) is 6.10 Å². The van der Waals surface area contributed by atoms with Crippen LogP contribution in [-0.2, 0) is 11.3 Å². The van der Waals surface area contributed by atoms with Gasteiger partial charge in [-0.15, -0.1) is 0 Å². The molecule has 0 saturated heterocycles. The molecule has 17 heavy (non-hydrogen) atoms. The number of hydrogen-bond donors (Lipinski definition) is 1. The number of nitrogens with one attached hydrogen (secondary N) is 1. The molecule has 0 spiro atoms. The Morgan fingerprint density at radius 2 is 2.12 bits per heavy atom. The first-order valence-electron chi connectivity index (χ1n) is 6.52. The summed E-state index contributed by atoms with van der Waals surface area (Å²) in [6.45, 7) is 2.44. The minimum absolute atomic E-state index is 0.502. The van der Waals surface area contributed by atoms with Gasteiger partial charge in [-0.3, -0.25) is 9.97 Å². The molecule has 1 N–H and O–H groups in total. The molecule has 1 aliphatic rings. The van der Waals surface area contributed by atoms with Crippen molar-refractivity contribution in [2.24, 2.45) is 0 Å². The quantitative estimate of drug-likeness (QED) is 0.765. The molecule has 4 nitrogen and oxygen atoms in total. The van der Waals surface area contributed by atoms with E-state index in [1.54, 1.807) is 18.6 Å². The minimum atomic E-state index is 0.502.